The van der Waals surface area contributed by atoms with Crippen molar-refractivity contribution in [2.45, 2.75) is 124 Å². The maximum Gasteiger partial charge on any atom is 0.245 e. The number of nitrogens with zero attached hydrogens (tertiary/aromatic N) is 2. The molecule has 2 N–H and O–H groups in total. The lowest BCUT2D eigenvalue weighted by atomic mass is 9.89. The summed E-state index contributed by atoms with van der Waals surface area (Å²) in [4.78, 5) is 56.9. The average molecular weight is 597 g/mol. The highest BCUT2D eigenvalue weighted by Crippen LogP contribution is 2.30. The van der Waals surface area contributed by atoms with Gasteiger partial charge in [-0.25, -0.2) is 0 Å². The molecule has 1 unspecified atom stereocenters. The number of rotatable bonds is 18. The topological polar surface area (TPSA) is 117 Å². The minimum absolute atomic E-state index is 0.0317. The van der Waals surface area contributed by atoms with Crippen LogP contribution in [0.25, 0.3) is 0 Å². The predicted molar refractivity (Wildman–Crippen MR) is 166 cm³/mol. The number of nitrogens with one attached hydrogen (secondary N) is 2. The lowest BCUT2D eigenvalue weighted by Crippen LogP contribution is -2.59. The molecule has 1 aliphatic heterocycles. The van der Waals surface area contributed by atoms with Gasteiger partial charge in [-0.3, -0.25) is 19.2 Å². The summed E-state index contributed by atoms with van der Waals surface area (Å²) in [6.07, 6.45) is 1.99. The van der Waals surface area contributed by atoms with Gasteiger partial charge in [0.25, 0.3) is 0 Å². The lowest BCUT2D eigenvalue weighted by molar-refractivity contribution is -0.147. The average Bonchev–Trinajstić information content (AvgIpc) is 3.44. The van der Waals surface area contributed by atoms with Crippen molar-refractivity contribution in [3.8, 4) is 0 Å². The Balaban J connectivity index is 3.24. The standard InChI is InChI=1S/C32H60N4O6/c1-13-21(7)29(35(10)32(40)28(20(5)6)34-31(39)27(33-9)19(3)4)25(41-11)18-26(38)36-17-15-16-23(36)30(42-12)22(8)24(37)14-2/h19-23,25,27-30,33H,13-18H2,1-12H3,(H,34,39)/t21-,22-,23-,25+,27-,28-,29?,30+/m0/s1. The number of carbonyl (C=O) groups excluding carboxylic acids is 4. The molecule has 0 aromatic rings. The Hall–Kier alpha value is -2.04. The summed E-state index contributed by atoms with van der Waals surface area (Å²) >= 11 is 0. The van der Waals surface area contributed by atoms with Crippen LogP contribution in [0, 0.1) is 23.7 Å². The second-order valence-corrected chi connectivity index (χ2v) is 12.6. The Kier molecular flexibility index (Phi) is 16.2. The van der Waals surface area contributed by atoms with Gasteiger partial charge in [-0.05, 0) is 37.6 Å². The van der Waals surface area contributed by atoms with E-state index >= 15 is 0 Å². The Bertz CT molecular complexity index is 881. The number of hydrogen-bond acceptors (Lipinski definition) is 7. The van der Waals surface area contributed by atoms with Gasteiger partial charge in [0, 0.05) is 40.2 Å². The zero-order valence-electron chi connectivity index (χ0n) is 28.4. The van der Waals surface area contributed by atoms with Crippen molar-refractivity contribution in [1.82, 2.24) is 20.4 Å². The maximum atomic E-state index is 14.0. The number of ketones is 1. The summed E-state index contributed by atoms with van der Waals surface area (Å²) in [5.74, 6) is -0.732. The fourth-order valence-electron chi connectivity index (χ4n) is 6.41. The molecule has 8 atom stereocenters. The third kappa shape index (κ3) is 9.48. The number of likely N-dealkylation sites (tertiary alicyclic amines) is 1. The van der Waals surface area contributed by atoms with Crippen molar-refractivity contribution in [2.24, 2.45) is 23.7 Å². The van der Waals surface area contributed by atoms with Gasteiger partial charge < -0.3 is 29.9 Å². The van der Waals surface area contributed by atoms with Crippen LogP contribution in [0.4, 0.5) is 0 Å². The van der Waals surface area contributed by atoms with Crippen molar-refractivity contribution in [3.05, 3.63) is 0 Å². The van der Waals surface area contributed by atoms with Crippen LogP contribution >= 0.6 is 0 Å². The third-order valence-corrected chi connectivity index (χ3v) is 9.19. The van der Waals surface area contributed by atoms with Crippen molar-refractivity contribution in [3.63, 3.8) is 0 Å². The molecule has 0 aromatic carbocycles. The van der Waals surface area contributed by atoms with Gasteiger partial charge in [0.1, 0.15) is 11.8 Å². The third-order valence-electron chi connectivity index (χ3n) is 9.19. The van der Waals surface area contributed by atoms with Crippen LogP contribution < -0.4 is 10.6 Å². The molecule has 1 heterocycles. The van der Waals surface area contributed by atoms with E-state index in [0.29, 0.717) is 13.0 Å². The van der Waals surface area contributed by atoms with E-state index in [-0.39, 0.29) is 71.8 Å². The van der Waals surface area contributed by atoms with Gasteiger partial charge in [-0.1, -0.05) is 61.8 Å². The zero-order valence-corrected chi connectivity index (χ0v) is 28.4. The molecule has 42 heavy (non-hydrogen) atoms. The Morgan fingerprint density at radius 2 is 1.55 bits per heavy atom. The van der Waals surface area contributed by atoms with E-state index in [0.717, 1.165) is 19.3 Å². The van der Waals surface area contributed by atoms with Crippen LogP contribution in [-0.2, 0) is 28.7 Å². The fraction of sp³-hybridized carbons (Fsp3) is 0.875. The van der Waals surface area contributed by atoms with Gasteiger partial charge in [0.2, 0.25) is 17.7 Å². The SMILES string of the molecule is CCC(=O)[C@H](C)[C@@H](OC)[C@@H]1CCCN1C(=O)C[C@@H](OC)C([C@@H](C)CC)N(C)C(=O)[C@@H](NC(=O)[C@@H](NC)C(C)C)C(C)C. The molecule has 0 spiro atoms. The zero-order chi connectivity index (χ0) is 32.3. The van der Waals surface area contributed by atoms with Crippen LogP contribution in [0.2, 0.25) is 0 Å². The first kappa shape index (κ1) is 38.0. The number of likely N-dealkylation sites (N-methyl/N-ethyl adjacent to an activating group) is 2. The van der Waals surface area contributed by atoms with E-state index in [1.165, 1.54) is 0 Å². The monoisotopic (exact) mass is 596 g/mol. The highest BCUT2D eigenvalue weighted by molar-refractivity contribution is 5.90. The van der Waals surface area contributed by atoms with E-state index in [9.17, 15) is 19.2 Å². The molecule has 0 bridgehead atoms. The number of methoxy groups -OCH3 is 2. The van der Waals surface area contributed by atoms with Crippen LogP contribution in [0.1, 0.15) is 87.5 Å². The molecule has 1 aliphatic rings. The molecule has 0 saturated carbocycles. The minimum atomic E-state index is -0.722. The summed E-state index contributed by atoms with van der Waals surface area (Å²) in [5.41, 5.74) is 0. The van der Waals surface area contributed by atoms with Crippen molar-refractivity contribution < 1.29 is 28.7 Å². The van der Waals surface area contributed by atoms with Crippen molar-refractivity contribution in [1.29, 1.82) is 0 Å². The van der Waals surface area contributed by atoms with Gasteiger partial charge >= 0.3 is 0 Å². The summed E-state index contributed by atoms with van der Waals surface area (Å²) in [6.45, 7) is 16.2. The van der Waals surface area contributed by atoms with Gasteiger partial charge in [-0.15, -0.1) is 0 Å². The molecule has 0 aromatic heterocycles. The molecule has 1 fully saturated rings. The van der Waals surface area contributed by atoms with Crippen LogP contribution in [-0.4, -0.2) is 105 Å². The van der Waals surface area contributed by atoms with E-state index in [2.05, 4.69) is 24.5 Å². The molecule has 3 amide bonds. The molecule has 10 heteroatoms. The summed E-state index contributed by atoms with van der Waals surface area (Å²) in [6, 6.07) is -1.72. The van der Waals surface area contributed by atoms with E-state index in [4.69, 9.17) is 9.47 Å². The van der Waals surface area contributed by atoms with Gasteiger partial charge in [0.15, 0.2) is 0 Å². The van der Waals surface area contributed by atoms with Crippen LogP contribution in [0.3, 0.4) is 0 Å². The smallest absolute Gasteiger partial charge is 0.245 e. The number of Topliss-reactive ketones (excluding diaryl/α,β-unsaturated/α-hetero) is 1. The Morgan fingerprint density at radius 1 is 0.952 bits per heavy atom. The van der Waals surface area contributed by atoms with Gasteiger partial charge in [0.05, 0.1) is 36.8 Å². The van der Waals surface area contributed by atoms with Crippen LogP contribution in [0.5, 0.6) is 0 Å². The second kappa shape index (κ2) is 17.9. The number of hydrogen-bond donors (Lipinski definition) is 2. The summed E-state index contributed by atoms with van der Waals surface area (Å²) < 4.78 is 11.7. The molecule has 0 radical (unpaired) electrons. The molecule has 0 aliphatic carbocycles. The quantitative estimate of drug-likeness (QED) is 0.249. The lowest BCUT2D eigenvalue weighted by Gasteiger charge is -2.41. The van der Waals surface area contributed by atoms with Crippen molar-refractivity contribution in [2.75, 3.05) is 34.9 Å². The first-order valence-corrected chi connectivity index (χ1v) is 15.8. The molecule has 10 nitrogen and oxygen atoms in total. The highest BCUT2D eigenvalue weighted by atomic mass is 16.5. The number of ether oxygens (including phenoxy) is 2. The number of carbonyl (C=O) groups is 4. The predicted octanol–water partition coefficient (Wildman–Crippen LogP) is 3.27. The Morgan fingerprint density at radius 3 is 2.00 bits per heavy atom. The second-order valence-electron chi connectivity index (χ2n) is 12.6. The summed E-state index contributed by atoms with van der Waals surface area (Å²) in [5, 5.41) is 6.03. The fourth-order valence-corrected chi connectivity index (χ4v) is 6.41. The van der Waals surface area contributed by atoms with Gasteiger partial charge in [-0.2, -0.15) is 0 Å². The largest absolute Gasteiger partial charge is 0.379 e. The first-order chi connectivity index (χ1) is 19.7. The first-order valence-electron chi connectivity index (χ1n) is 15.8. The molecular formula is C32H60N4O6. The van der Waals surface area contributed by atoms with E-state index in [1.807, 2.05) is 46.4 Å². The molecule has 244 valence electrons. The molecular weight excluding hydrogens is 536 g/mol. The summed E-state index contributed by atoms with van der Waals surface area (Å²) in [7, 11) is 6.66. The number of amides is 3. The molecule has 1 saturated heterocycles. The van der Waals surface area contributed by atoms with E-state index in [1.54, 1.807) is 33.2 Å². The minimum Gasteiger partial charge on any atom is -0.379 e. The Labute approximate surface area is 255 Å². The van der Waals surface area contributed by atoms with Crippen molar-refractivity contribution >= 4 is 23.5 Å². The van der Waals surface area contributed by atoms with Crippen LogP contribution in [0.15, 0.2) is 0 Å². The molecule has 1 rings (SSSR count). The maximum absolute atomic E-state index is 14.0. The van der Waals surface area contributed by atoms with E-state index < -0.39 is 18.2 Å². The normalized spacial score (nSPS) is 20.5. The highest BCUT2D eigenvalue weighted by Gasteiger charge is 2.42.